The first-order valence-electron chi connectivity index (χ1n) is 8.69. The van der Waals surface area contributed by atoms with Crippen LogP contribution in [0.4, 0.5) is 0 Å². The Hall–Kier alpha value is -2.41. The number of aryl methyl sites for hydroxylation is 4. The van der Waals surface area contributed by atoms with Gasteiger partial charge in [-0.15, -0.1) is 0 Å². The van der Waals surface area contributed by atoms with Crippen molar-refractivity contribution >= 4 is 23.6 Å². The number of carboxylic acids is 1. The van der Waals surface area contributed by atoms with Crippen molar-refractivity contribution in [3.05, 3.63) is 51.8 Å². The Morgan fingerprint density at radius 2 is 1.63 bits per heavy atom. The molecule has 1 unspecified atom stereocenters. The molecule has 27 heavy (non-hydrogen) atoms. The fourth-order valence-corrected chi connectivity index (χ4v) is 3.55. The van der Waals surface area contributed by atoms with E-state index in [1.54, 1.807) is 12.1 Å². The summed E-state index contributed by atoms with van der Waals surface area (Å²) in [5.74, 6) is -1.39. The Labute approximate surface area is 163 Å². The van der Waals surface area contributed by atoms with Crippen LogP contribution in [0.25, 0.3) is 0 Å². The molecule has 0 aliphatic rings. The van der Waals surface area contributed by atoms with Crippen molar-refractivity contribution in [1.82, 2.24) is 15.3 Å². The van der Waals surface area contributed by atoms with Gasteiger partial charge >= 0.3 is 5.97 Å². The van der Waals surface area contributed by atoms with Gasteiger partial charge in [-0.3, -0.25) is 4.79 Å². The number of aliphatic carboxylic acids is 1. The molecule has 0 saturated carbocycles. The molecule has 0 aliphatic carbocycles. The third-order valence-electron chi connectivity index (χ3n) is 4.31. The van der Waals surface area contributed by atoms with Gasteiger partial charge in [-0.25, -0.2) is 14.8 Å². The zero-order chi connectivity index (χ0) is 20.1. The summed E-state index contributed by atoms with van der Waals surface area (Å²) in [5.41, 5.74) is 5.13. The molecule has 2 N–H and O–H groups in total. The number of hydrogen-bond acceptors (Lipinski definition) is 5. The standard InChI is InChI=1S/C20H25N3O3S/c1-11-8-12(2)10-15(9-11)18(19(25)26)23-17(24)7-6-16-13(3)21-20(27-5)22-14(16)4/h8-10,18H,6-7H2,1-5H3,(H,23,24)(H,25,26). The van der Waals surface area contributed by atoms with Gasteiger partial charge in [0.2, 0.25) is 5.91 Å². The summed E-state index contributed by atoms with van der Waals surface area (Å²) in [7, 11) is 0. The molecule has 7 heteroatoms. The van der Waals surface area contributed by atoms with Gasteiger partial charge in [-0.05, 0) is 51.5 Å². The average Bonchev–Trinajstić information content (AvgIpc) is 2.57. The largest absolute Gasteiger partial charge is 0.479 e. The number of nitrogens with zero attached hydrogens (tertiary/aromatic N) is 2. The Kier molecular flexibility index (Phi) is 6.96. The molecule has 0 radical (unpaired) electrons. The van der Waals surface area contributed by atoms with Crippen molar-refractivity contribution in [3.63, 3.8) is 0 Å². The van der Waals surface area contributed by atoms with Crippen molar-refractivity contribution in [2.24, 2.45) is 0 Å². The highest BCUT2D eigenvalue weighted by Gasteiger charge is 2.22. The predicted molar refractivity (Wildman–Crippen MR) is 106 cm³/mol. The van der Waals surface area contributed by atoms with Crippen LogP contribution < -0.4 is 5.32 Å². The van der Waals surface area contributed by atoms with Crippen molar-refractivity contribution in [1.29, 1.82) is 0 Å². The molecule has 1 aromatic heterocycles. The van der Waals surface area contributed by atoms with Crippen LogP contribution in [-0.2, 0) is 16.0 Å². The van der Waals surface area contributed by atoms with Gasteiger partial charge in [0.15, 0.2) is 11.2 Å². The number of benzene rings is 1. The molecule has 1 atom stereocenters. The molecule has 1 heterocycles. The van der Waals surface area contributed by atoms with Crippen LogP contribution in [0.1, 0.15) is 46.1 Å². The van der Waals surface area contributed by atoms with Gasteiger partial charge < -0.3 is 10.4 Å². The lowest BCUT2D eigenvalue weighted by Gasteiger charge is -2.17. The summed E-state index contributed by atoms with van der Waals surface area (Å²) in [4.78, 5) is 32.9. The highest BCUT2D eigenvalue weighted by Crippen LogP contribution is 2.19. The number of amides is 1. The highest BCUT2D eigenvalue weighted by atomic mass is 32.2. The lowest BCUT2D eigenvalue weighted by molar-refractivity contribution is -0.142. The van der Waals surface area contributed by atoms with Crippen LogP contribution >= 0.6 is 11.8 Å². The second-order valence-electron chi connectivity index (χ2n) is 6.62. The number of carboxylic acid groups (broad SMARTS) is 1. The Morgan fingerprint density at radius 1 is 1.07 bits per heavy atom. The second-order valence-corrected chi connectivity index (χ2v) is 7.39. The Balaban J connectivity index is 2.10. The topological polar surface area (TPSA) is 92.2 Å². The van der Waals surface area contributed by atoms with Gasteiger partial charge in [0.05, 0.1) is 0 Å². The van der Waals surface area contributed by atoms with Crippen LogP contribution in [-0.4, -0.2) is 33.2 Å². The molecule has 0 saturated heterocycles. The molecule has 0 aliphatic heterocycles. The number of carbonyl (C=O) groups is 2. The summed E-state index contributed by atoms with van der Waals surface area (Å²) in [6.45, 7) is 7.61. The predicted octanol–water partition coefficient (Wildman–Crippen LogP) is 3.31. The summed E-state index contributed by atoms with van der Waals surface area (Å²) >= 11 is 1.47. The van der Waals surface area contributed by atoms with Crippen LogP contribution in [0.5, 0.6) is 0 Å². The molecule has 2 rings (SSSR count). The van der Waals surface area contributed by atoms with Crippen LogP contribution in [0.15, 0.2) is 23.4 Å². The van der Waals surface area contributed by atoms with Crippen molar-refractivity contribution < 1.29 is 14.7 Å². The number of aromatic nitrogens is 2. The first-order valence-corrected chi connectivity index (χ1v) is 9.92. The fraction of sp³-hybridized carbons (Fsp3) is 0.400. The van der Waals surface area contributed by atoms with Crippen molar-refractivity contribution in [2.75, 3.05) is 6.26 Å². The number of hydrogen-bond donors (Lipinski definition) is 2. The minimum Gasteiger partial charge on any atom is -0.479 e. The van der Waals surface area contributed by atoms with Crippen molar-refractivity contribution in [2.45, 2.75) is 51.7 Å². The molecule has 1 aromatic carbocycles. The van der Waals surface area contributed by atoms with E-state index in [0.717, 1.165) is 28.1 Å². The first kappa shape index (κ1) is 20.9. The monoisotopic (exact) mass is 387 g/mol. The normalized spacial score (nSPS) is 11.9. The van der Waals surface area contributed by atoms with Crippen LogP contribution in [0.2, 0.25) is 0 Å². The molecule has 0 fully saturated rings. The SMILES string of the molecule is CSc1nc(C)c(CCC(=O)NC(C(=O)O)c2cc(C)cc(C)c2)c(C)n1. The molecule has 6 nitrogen and oxygen atoms in total. The first-order chi connectivity index (χ1) is 12.7. The summed E-state index contributed by atoms with van der Waals surface area (Å²) in [6.07, 6.45) is 2.57. The highest BCUT2D eigenvalue weighted by molar-refractivity contribution is 7.98. The minimum atomic E-state index is -1.08. The molecule has 2 aromatic rings. The van der Waals surface area contributed by atoms with Gasteiger partial charge in [-0.2, -0.15) is 0 Å². The van der Waals surface area contributed by atoms with Gasteiger partial charge in [0.1, 0.15) is 0 Å². The second kappa shape index (κ2) is 8.99. The molecular formula is C20H25N3O3S. The maximum Gasteiger partial charge on any atom is 0.330 e. The molecule has 144 valence electrons. The van der Waals surface area contributed by atoms with Crippen LogP contribution in [0.3, 0.4) is 0 Å². The number of rotatable bonds is 7. The maximum absolute atomic E-state index is 12.4. The average molecular weight is 388 g/mol. The van der Waals surface area contributed by atoms with E-state index >= 15 is 0 Å². The molecular weight excluding hydrogens is 362 g/mol. The lowest BCUT2D eigenvalue weighted by atomic mass is 10.0. The zero-order valence-electron chi connectivity index (χ0n) is 16.3. The van der Waals surface area contributed by atoms with E-state index < -0.39 is 12.0 Å². The minimum absolute atomic E-state index is 0.179. The van der Waals surface area contributed by atoms with Gasteiger partial charge in [0.25, 0.3) is 0 Å². The van der Waals surface area contributed by atoms with E-state index in [1.165, 1.54) is 11.8 Å². The molecule has 0 bridgehead atoms. The summed E-state index contributed by atoms with van der Waals surface area (Å²) in [5, 5.41) is 12.9. The van der Waals surface area contributed by atoms with Crippen LogP contribution in [0, 0.1) is 27.7 Å². The third kappa shape index (κ3) is 5.53. The third-order valence-corrected chi connectivity index (χ3v) is 4.86. The fourth-order valence-electron chi connectivity index (χ4n) is 3.10. The molecule has 0 spiro atoms. The smallest absolute Gasteiger partial charge is 0.330 e. The number of carbonyl (C=O) groups excluding carboxylic acids is 1. The zero-order valence-corrected chi connectivity index (χ0v) is 17.1. The quantitative estimate of drug-likeness (QED) is 0.559. The lowest BCUT2D eigenvalue weighted by Crippen LogP contribution is -2.34. The van der Waals surface area contributed by atoms with Crippen molar-refractivity contribution in [3.8, 4) is 0 Å². The van der Waals surface area contributed by atoms with Gasteiger partial charge in [0, 0.05) is 17.8 Å². The van der Waals surface area contributed by atoms with E-state index in [2.05, 4.69) is 15.3 Å². The van der Waals surface area contributed by atoms with Gasteiger partial charge in [-0.1, -0.05) is 41.1 Å². The van der Waals surface area contributed by atoms with E-state index in [9.17, 15) is 14.7 Å². The number of nitrogens with one attached hydrogen (secondary N) is 1. The summed E-state index contributed by atoms with van der Waals surface area (Å²) < 4.78 is 0. The number of thioether (sulfide) groups is 1. The van der Waals surface area contributed by atoms with E-state index in [-0.39, 0.29) is 12.3 Å². The van der Waals surface area contributed by atoms with E-state index in [4.69, 9.17) is 0 Å². The Morgan fingerprint density at radius 3 is 2.11 bits per heavy atom. The summed E-state index contributed by atoms with van der Waals surface area (Å²) in [6, 6.07) is 4.48. The molecule has 1 amide bonds. The van der Waals surface area contributed by atoms with E-state index in [0.29, 0.717) is 17.1 Å². The Bertz CT molecular complexity index is 824. The maximum atomic E-state index is 12.4. The van der Waals surface area contributed by atoms with E-state index in [1.807, 2.05) is 40.0 Å².